The molecule has 156 valence electrons. The first-order valence-electron chi connectivity index (χ1n) is 9.01. The maximum absolute atomic E-state index is 12.8. The molecule has 1 amide bonds. The summed E-state index contributed by atoms with van der Waals surface area (Å²) < 4.78 is 57.3. The smallest absolute Gasteiger partial charge is 0.257 e. The summed E-state index contributed by atoms with van der Waals surface area (Å²) in [6.45, 7) is 1.49. The molecule has 10 heteroatoms. The third-order valence-electron chi connectivity index (χ3n) is 4.48. The zero-order valence-electron chi connectivity index (χ0n) is 16.0. The molecule has 8 nitrogen and oxygen atoms in total. The minimum Gasteiger partial charge on any atom is -0.495 e. The molecule has 3 rings (SSSR count). The second-order valence-corrected chi connectivity index (χ2v) is 10.6. The fourth-order valence-electron chi connectivity index (χ4n) is 2.71. The summed E-state index contributed by atoms with van der Waals surface area (Å²) in [5, 5.41) is 2.58. The number of methoxy groups -OCH3 is 1. The third-order valence-corrected chi connectivity index (χ3v) is 7.78. The molecule has 0 radical (unpaired) electrons. The van der Waals surface area contributed by atoms with E-state index >= 15 is 0 Å². The number of carbonyl (C=O) groups excluding carboxylic acids is 1. The molecule has 1 aliphatic rings. The van der Waals surface area contributed by atoms with Gasteiger partial charge < -0.3 is 10.1 Å². The Morgan fingerprint density at radius 1 is 1.10 bits per heavy atom. The van der Waals surface area contributed by atoms with Crippen LogP contribution in [0.5, 0.6) is 5.75 Å². The summed E-state index contributed by atoms with van der Waals surface area (Å²) in [5.74, 6) is -0.582. The number of rotatable bonds is 8. The summed E-state index contributed by atoms with van der Waals surface area (Å²) in [6.07, 6.45) is 1.59. The molecule has 1 fully saturated rings. The van der Waals surface area contributed by atoms with Crippen LogP contribution in [0.4, 0.5) is 5.69 Å². The Labute approximate surface area is 170 Å². The van der Waals surface area contributed by atoms with E-state index in [2.05, 4.69) is 10.0 Å². The van der Waals surface area contributed by atoms with Crippen molar-refractivity contribution >= 4 is 31.5 Å². The number of amides is 1. The molecule has 0 unspecified atom stereocenters. The average Bonchev–Trinajstić information content (AvgIpc) is 3.51. The number of sulfone groups is 1. The van der Waals surface area contributed by atoms with Crippen LogP contribution in [-0.4, -0.2) is 41.6 Å². The van der Waals surface area contributed by atoms with Crippen LogP contribution in [0, 0.1) is 0 Å². The number of sulfonamides is 1. The van der Waals surface area contributed by atoms with Gasteiger partial charge in [0.2, 0.25) is 10.0 Å². The van der Waals surface area contributed by atoms with Crippen molar-refractivity contribution in [3.8, 4) is 5.75 Å². The lowest BCUT2D eigenvalue weighted by Gasteiger charge is -2.14. The molecule has 0 heterocycles. The monoisotopic (exact) mass is 438 g/mol. The van der Waals surface area contributed by atoms with Gasteiger partial charge in [-0.05, 0) is 43.2 Å². The molecule has 0 aromatic heterocycles. The Bertz CT molecular complexity index is 1140. The third kappa shape index (κ3) is 4.77. The molecule has 29 heavy (non-hydrogen) atoms. The summed E-state index contributed by atoms with van der Waals surface area (Å²) in [4.78, 5) is 12.7. The van der Waals surface area contributed by atoms with Crippen LogP contribution in [-0.2, 0) is 19.9 Å². The minimum absolute atomic E-state index is 0.0186. The number of anilines is 1. The van der Waals surface area contributed by atoms with Gasteiger partial charge in [0.15, 0.2) is 9.84 Å². The van der Waals surface area contributed by atoms with Crippen molar-refractivity contribution in [2.75, 3.05) is 18.2 Å². The van der Waals surface area contributed by atoms with Gasteiger partial charge in [-0.2, -0.15) is 0 Å². The molecule has 0 atom stereocenters. The van der Waals surface area contributed by atoms with Crippen molar-refractivity contribution in [2.45, 2.75) is 35.6 Å². The molecule has 2 aromatic carbocycles. The van der Waals surface area contributed by atoms with Crippen LogP contribution in [0.25, 0.3) is 0 Å². The van der Waals surface area contributed by atoms with Crippen LogP contribution in [0.15, 0.2) is 52.3 Å². The van der Waals surface area contributed by atoms with Crippen molar-refractivity contribution in [2.24, 2.45) is 0 Å². The predicted octanol–water partition coefficient (Wildman–Crippen LogP) is 2.18. The molecule has 2 aromatic rings. The molecule has 0 aliphatic heterocycles. The SMILES string of the molecule is CCS(=O)(=O)c1ccccc1C(=O)Nc1cc(S(=O)(=O)NC2CC2)ccc1OC. The van der Waals surface area contributed by atoms with Crippen molar-refractivity contribution in [3.63, 3.8) is 0 Å². The van der Waals surface area contributed by atoms with Crippen molar-refractivity contribution in [3.05, 3.63) is 48.0 Å². The highest BCUT2D eigenvalue weighted by Crippen LogP contribution is 2.30. The molecular weight excluding hydrogens is 416 g/mol. The Morgan fingerprint density at radius 2 is 1.79 bits per heavy atom. The molecule has 0 spiro atoms. The van der Waals surface area contributed by atoms with Gasteiger partial charge in [-0.1, -0.05) is 19.1 Å². The Morgan fingerprint density at radius 3 is 2.41 bits per heavy atom. The van der Waals surface area contributed by atoms with Gasteiger partial charge >= 0.3 is 0 Å². The minimum atomic E-state index is -3.73. The molecule has 1 aliphatic carbocycles. The normalized spacial score (nSPS) is 14.4. The van der Waals surface area contributed by atoms with E-state index < -0.39 is 25.8 Å². The van der Waals surface area contributed by atoms with Gasteiger partial charge in [0, 0.05) is 6.04 Å². The lowest BCUT2D eigenvalue weighted by Crippen LogP contribution is -2.26. The van der Waals surface area contributed by atoms with E-state index in [1.807, 2.05) is 0 Å². The maximum atomic E-state index is 12.8. The zero-order valence-corrected chi connectivity index (χ0v) is 17.6. The number of nitrogens with one attached hydrogen (secondary N) is 2. The van der Waals surface area contributed by atoms with E-state index in [0.717, 1.165) is 12.8 Å². The predicted molar refractivity (Wildman–Crippen MR) is 108 cm³/mol. The van der Waals surface area contributed by atoms with Crippen LogP contribution in [0.1, 0.15) is 30.1 Å². The molecule has 1 saturated carbocycles. The number of hydrogen-bond donors (Lipinski definition) is 2. The second-order valence-electron chi connectivity index (χ2n) is 6.61. The lowest BCUT2D eigenvalue weighted by atomic mass is 10.2. The van der Waals surface area contributed by atoms with Crippen LogP contribution in [0.3, 0.4) is 0 Å². The summed E-state index contributed by atoms with van der Waals surface area (Å²) >= 11 is 0. The van der Waals surface area contributed by atoms with Gasteiger partial charge in [-0.25, -0.2) is 21.6 Å². The average molecular weight is 439 g/mol. The number of ether oxygens (including phenoxy) is 1. The van der Waals surface area contributed by atoms with Gasteiger partial charge in [-0.3, -0.25) is 4.79 Å². The maximum Gasteiger partial charge on any atom is 0.257 e. The Kier molecular flexibility index (Phi) is 5.97. The van der Waals surface area contributed by atoms with Gasteiger partial charge in [0.25, 0.3) is 5.91 Å². The van der Waals surface area contributed by atoms with Crippen molar-refractivity contribution in [1.82, 2.24) is 4.72 Å². The lowest BCUT2D eigenvalue weighted by molar-refractivity contribution is 0.102. The first kappa shape index (κ1) is 21.3. The summed E-state index contributed by atoms with van der Waals surface area (Å²) in [6, 6.07) is 9.91. The Balaban J connectivity index is 1.96. The van der Waals surface area contributed by atoms with E-state index in [1.165, 1.54) is 50.4 Å². The van der Waals surface area contributed by atoms with Crippen molar-refractivity contribution in [1.29, 1.82) is 0 Å². The standard InChI is InChI=1S/C19H22N2O6S2/c1-3-28(23,24)18-7-5-4-6-15(18)19(22)20-16-12-14(10-11-17(16)27-2)29(25,26)21-13-8-9-13/h4-7,10-13,21H,3,8-9H2,1-2H3,(H,20,22). The first-order chi connectivity index (χ1) is 13.7. The number of carbonyl (C=O) groups is 1. The van der Waals surface area contributed by atoms with Crippen LogP contribution >= 0.6 is 0 Å². The Hall–Kier alpha value is -2.43. The van der Waals surface area contributed by atoms with Gasteiger partial charge in [-0.15, -0.1) is 0 Å². The second kappa shape index (κ2) is 8.13. The van der Waals surface area contributed by atoms with E-state index in [1.54, 1.807) is 6.07 Å². The zero-order chi connectivity index (χ0) is 21.2. The summed E-state index contributed by atoms with van der Waals surface area (Å²) in [5.41, 5.74) is 0.0978. The van der Waals surface area contributed by atoms with Crippen LogP contribution in [0.2, 0.25) is 0 Å². The fourth-order valence-corrected chi connectivity index (χ4v) is 5.13. The van der Waals surface area contributed by atoms with E-state index in [-0.39, 0.29) is 38.6 Å². The highest BCUT2D eigenvalue weighted by atomic mass is 32.2. The number of benzene rings is 2. The van der Waals surface area contributed by atoms with Gasteiger partial charge in [0.1, 0.15) is 5.75 Å². The summed E-state index contributed by atoms with van der Waals surface area (Å²) in [7, 11) is -5.96. The highest BCUT2D eigenvalue weighted by molar-refractivity contribution is 7.91. The number of hydrogen-bond acceptors (Lipinski definition) is 6. The highest BCUT2D eigenvalue weighted by Gasteiger charge is 2.29. The van der Waals surface area contributed by atoms with Crippen molar-refractivity contribution < 1.29 is 26.4 Å². The topological polar surface area (TPSA) is 119 Å². The van der Waals surface area contributed by atoms with E-state index in [4.69, 9.17) is 4.74 Å². The molecule has 2 N–H and O–H groups in total. The molecular formula is C19H22N2O6S2. The molecule has 0 bridgehead atoms. The first-order valence-corrected chi connectivity index (χ1v) is 12.1. The van der Waals surface area contributed by atoms with E-state index in [9.17, 15) is 21.6 Å². The largest absolute Gasteiger partial charge is 0.495 e. The van der Waals surface area contributed by atoms with E-state index in [0.29, 0.717) is 0 Å². The van der Waals surface area contributed by atoms with Gasteiger partial charge in [0.05, 0.1) is 33.9 Å². The van der Waals surface area contributed by atoms with Crippen LogP contribution < -0.4 is 14.8 Å². The quantitative estimate of drug-likeness (QED) is 0.652. The fraction of sp³-hybridized carbons (Fsp3) is 0.316. The molecule has 0 saturated heterocycles.